The van der Waals surface area contributed by atoms with Gasteiger partial charge in [0.05, 0.1) is 17.8 Å². The largest absolute Gasteiger partial charge is 0.496 e. The van der Waals surface area contributed by atoms with E-state index in [2.05, 4.69) is 15.0 Å². The summed E-state index contributed by atoms with van der Waals surface area (Å²) in [6, 6.07) is 2.61. The van der Waals surface area contributed by atoms with E-state index in [1.54, 1.807) is 19.1 Å². The lowest BCUT2D eigenvalue weighted by molar-refractivity contribution is -0.116. The Kier molecular flexibility index (Phi) is 6.19. The molecule has 1 aromatic rings. The first-order valence-corrected chi connectivity index (χ1v) is 8.92. The molecule has 3 amide bonds. The number of hydrogen-bond acceptors (Lipinski definition) is 4. The van der Waals surface area contributed by atoms with Crippen molar-refractivity contribution >= 4 is 39.0 Å². The van der Waals surface area contributed by atoms with Gasteiger partial charge in [-0.1, -0.05) is 11.6 Å². The summed E-state index contributed by atoms with van der Waals surface area (Å²) < 4.78 is 19.9. The number of ether oxygens (including phenoxy) is 1. The van der Waals surface area contributed by atoms with Crippen LogP contribution in [-0.2, 0) is 14.5 Å². The molecule has 22 heavy (non-hydrogen) atoms. The van der Waals surface area contributed by atoms with Crippen LogP contribution in [0.2, 0.25) is 5.02 Å². The number of methoxy groups -OCH3 is 1. The minimum absolute atomic E-state index is 0.304. The molecule has 0 unspecified atom stereocenters. The molecule has 0 bridgehead atoms. The number of aryl methyl sites for hydroxylation is 1. The smallest absolute Gasteiger partial charge is 0.319 e. The zero-order valence-corrected chi connectivity index (χ0v) is 14.3. The molecule has 2 N–H and O–H groups in total. The van der Waals surface area contributed by atoms with Crippen LogP contribution in [0.1, 0.15) is 5.56 Å². The van der Waals surface area contributed by atoms with Gasteiger partial charge in [0.1, 0.15) is 12.3 Å². The molecular weight excluding hydrogens is 330 g/mol. The van der Waals surface area contributed by atoms with Crippen LogP contribution in [0.5, 0.6) is 5.75 Å². The van der Waals surface area contributed by atoms with Gasteiger partial charge in [0, 0.05) is 28.3 Å². The third-order valence-corrected chi connectivity index (χ3v) is 3.41. The Labute approximate surface area is 134 Å². The van der Waals surface area contributed by atoms with Crippen LogP contribution in [-0.4, -0.2) is 42.3 Å². The van der Waals surface area contributed by atoms with Crippen molar-refractivity contribution in [3.63, 3.8) is 0 Å². The van der Waals surface area contributed by atoms with Gasteiger partial charge in [-0.05, 0) is 18.6 Å². The Balaban J connectivity index is 2.69. The topological polar surface area (TPSA) is 96.9 Å². The molecule has 0 aromatic heterocycles. The van der Waals surface area contributed by atoms with Gasteiger partial charge in [-0.2, -0.15) is 4.36 Å². The number of halogens is 1. The molecule has 0 atom stereocenters. The predicted molar refractivity (Wildman–Crippen MR) is 87.2 cm³/mol. The normalized spacial score (nSPS) is 10.8. The maximum absolute atomic E-state index is 11.7. The van der Waals surface area contributed by atoms with Crippen LogP contribution in [0.25, 0.3) is 0 Å². The van der Waals surface area contributed by atoms with Crippen molar-refractivity contribution < 1.29 is 18.5 Å². The van der Waals surface area contributed by atoms with E-state index < -0.39 is 21.7 Å². The first kappa shape index (κ1) is 18.2. The number of anilines is 1. The fourth-order valence-corrected chi connectivity index (χ4v) is 2.33. The first-order chi connectivity index (χ1) is 10.1. The Morgan fingerprint density at radius 1 is 1.36 bits per heavy atom. The molecule has 0 aliphatic heterocycles. The molecular formula is C13H18ClN3O4S. The number of carbonyl (C=O) groups is 2. The third kappa shape index (κ3) is 5.90. The molecule has 0 saturated heterocycles. The highest BCUT2D eigenvalue weighted by Crippen LogP contribution is 2.30. The van der Waals surface area contributed by atoms with Gasteiger partial charge >= 0.3 is 6.03 Å². The molecule has 0 heterocycles. The maximum Gasteiger partial charge on any atom is 0.319 e. The van der Waals surface area contributed by atoms with E-state index in [4.69, 9.17) is 16.3 Å². The Morgan fingerprint density at radius 3 is 2.55 bits per heavy atom. The fourth-order valence-electron chi connectivity index (χ4n) is 1.58. The summed E-state index contributed by atoms with van der Waals surface area (Å²) in [5, 5.41) is 5.14. The zero-order valence-electron chi connectivity index (χ0n) is 12.7. The fraction of sp³-hybridized carbons (Fsp3) is 0.385. The standard InChI is InChI=1S/C13H18ClN3O4S/c1-8-5-10(9(14)6-11(8)21-2)16-13(19)15-7-12(18)17-22(3,4)20/h5-6H,7H2,1-4H3,(H2,15,16,19). The Hall–Kier alpha value is -1.80. The van der Waals surface area contributed by atoms with Gasteiger partial charge in [-0.25, -0.2) is 9.00 Å². The molecule has 1 aromatic carbocycles. The van der Waals surface area contributed by atoms with Crippen LogP contribution in [0.3, 0.4) is 0 Å². The summed E-state index contributed by atoms with van der Waals surface area (Å²) in [4.78, 5) is 23.1. The van der Waals surface area contributed by atoms with Gasteiger partial charge in [0.2, 0.25) is 0 Å². The second-order valence-corrected chi connectivity index (χ2v) is 7.73. The molecule has 9 heteroatoms. The minimum Gasteiger partial charge on any atom is -0.496 e. The first-order valence-electron chi connectivity index (χ1n) is 6.21. The molecule has 0 saturated carbocycles. The monoisotopic (exact) mass is 347 g/mol. The van der Waals surface area contributed by atoms with Crippen LogP contribution >= 0.6 is 11.6 Å². The van der Waals surface area contributed by atoms with E-state index in [0.29, 0.717) is 16.5 Å². The highest BCUT2D eigenvalue weighted by molar-refractivity contribution is 7.92. The van der Waals surface area contributed by atoms with Crippen molar-refractivity contribution in [2.45, 2.75) is 6.92 Å². The predicted octanol–water partition coefficient (Wildman–Crippen LogP) is 2.03. The van der Waals surface area contributed by atoms with Gasteiger partial charge in [0.15, 0.2) is 0 Å². The van der Waals surface area contributed by atoms with E-state index in [9.17, 15) is 13.8 Å². The lowest BCUT2D eigenvalue weighted by Crippen LogP contribution is -2.33. The molecule has 7 nitrogen and oxygen atoms in total. The van der Waals surface area contributed by atoms with Crippen molar-refractivity contribution in [2.75, 3.05) is 31.5 Å². The lowest BCUT2D eigenvalue weighted by atomic mass is 10.2. The quantitative estimate of drug-likeness (QED) is 0.870. The molecule has 1 rings (SSSR count). The number of nitrogens with one attached hydrogen (secondary N) is 2. The Bertz CT molecular complexity index is 703. The summed E-state index contributed by atoms with van der Waals surface area (Å²) in [6.07, 6.45) is 2.68. The number of rotatable bonds is 4. The molecule has 122 valence electrons. The van der Waals surface area contributed by atoms with E-state index in [-0.39, 0.29) is 6.54 Å². The van der Waals surface area contributed by atoms with Crippen molar-refractivity contribution in [1.29, 1.82) is 0 Å². The van der Waals surface area contributed by atoms with Crippen LogP contribution in [0.15, 0.2) is 16.5 Å². The van der Waals surface area contributed by atoms with E-state index in [1.807, 2.05) is 0 Å². The molecule has 0 radical (unpaired) electrons. The SMILES string of the molecule is COc1cc(Cl)c(NC(=O)NCC(=O)N=S(C)(C)=O)cc1C. The van der Waals surface area contributed by atoms with Gasteiger partial charge in [-0.3, -0.25) is 4.79 Å². The average molecular weight is 348 g/mol. The summed E-state index contributed by atoms with van der Waals surface area (Å²) in [7, 11) is -1.01. The molecule has 0 fully saturated rings. The number of hydrogen-bond donors (Lipinski definition) is 2. The number of urea groups is 1. The second kappa shape index (κ2) is 7.46. The number of nitrogens with zero attached hydrogens (tertiary/aromatic N) is 1. The number of benzene rings is 1. The third-order valence-electron chi connectivity index (χ3n) is 2.45. The molecule has 0 aliphatic rings. The van der Waals surface area contributed by atoms with E-state index in [0.717, 1.165) is 5.56 Å². The Morgan fingerprint density at radius 2 is 2.00 bits per heavy atom. The van der Waals surface area contributed by atoms with Gasteiger partial charge in [0.25, 0.3) is 5.91 Å². The van der Waals surface area contributed by atoms with Crippen LogP contribution in [0.4, 0.5) is 10.5 Å². The lowest BCUT2D eigenvalue weighted by Gasteiger charge is -2.11. The highest BCUT2D eigenvalue weighted by atomic mass is 35.5. The minimum atomic E-state index is -2.53. The molecule has 0 aliphatic carbocycles. The summed E-state index contributed by atoms with van der Waals surface area (Å²) in [5.74, 6) is -0.0623. The van der Waals surface area contributed by atoms with Crippen molar-refractivity contribution in [2.24, 2.45) is 4.36 Å². The highest BCUT2D eigenvalue weighted by Gasteiger charge is 2.10. The summed E-state index contributed by atoms with van der Waals surface area (Å²) in [6.45, 7) is 1.46. The summed E-state index contributed by atoms with van der Waals surface area (Å²) >= 11 is 6.03. The van der Waals surface area contributed by atoms with Crippen LogP contribution in [0, 0.1) is 6.92 Å². The number of amides is 3. The second-order valence-electron chi connectivity index (χ2n) is 4.78. The van der Waals surface area contributed by atoms with Gasteiger partial charge in [-0.15, -0.1) is 0 Å². The van der Waals surface area contributed by atoms with E-state index >= 15 is 0 Å². The van der Waals surface area contributed by atoms with E-state index in [1.165, 1.54) is 19.6 Å². The zero-order chi connectivity index (χ0) is 16.9. The maximum atomic E-state index is 11.7. The molecule has 0 spiro atoms. The van der Waals surface area contributed by atoms with Gasteiger partial charge < -0.3 is 15.4 Å². The van der Waals surface area contributed by atoms with Crippen molar-refractivity contribution in [3.8, 4) is 5.75 Å². The van der Waals surface area contributed by atoms with Crippen molar-refractivity contribution in [1.82, 2.24) is 5.32 Å². The summed E-state index contributed by atoms with van der Waals surface area (Å²) in [5.41, 5.74) is 1.18. The average Bonchev–Trinajstić information content (AvgIpc) is 2.38. The van der Waals surface area contributed by atoms with Crippen LogP contribution < -0.4 is 15.4 Å². The number of carbonyl (C=O) groups excluding carboxylic acids is 2. The van der Waals surface area contributed by atoms with Crippen molar-refractivity contribution in [3.05, 3.63) is 22.7 Å².